The number of likely N-dealkylation sites (tertiary alicyclic amines) is 1. The highest BCUT2D eigenvalue weighted by Crippen LogP contribution is 2.35. The zero-order valence-corrected chi connectivity index (χ0v) is 17.7. The lowest BCUT2D eigenvalue weighted by Gasteiger charge is -2.22. The highest BCUT2D eigenvalue weighted by molar-refractivity contribution is 5.94. The summed E-state index contributed by atoms with van der Waals surface area (Å²) in [5.41, 5.74) is 5.48. The van der Waals surface area contributed by atoms with Crippen molar-refractivity contribution < 1.29 is 13.9 Å². The molecule has 1 aliphatic rings. The number of carbonyl (C=O) groups is 1. The molecule has 0 unspecified atom stereocenters. The maximum absolute atomic E-state index is 13.1. The van der Waals surface area contributed by atoms with Crippen LogP contribution in [0.3, 0.4) is 0 Å². The predicted molar refractivity (Wildman–Crippen MR) is 120 cm³/mol. The Morgan fingerprint density at radius 2 is 1.87 bits per heavy atom. The molecule has 1 aromatic heterocycles. The van der Waals surface area contributed by atoms with E-state index in [2.05, 4.69) is 0 Å². The second kappa shape index (κ2) is 7.91. The maximum atomic E-state index is 13.1. The molecule has 4 aromatic rings. The Bertz CT molecular complexity index is 1240. The summed E-state index contributed by atoms with van der Waals surface area (Å²) in [6, 6.07) is 21.5. The molecule has 0 aliphatic carbocycles. The first-order valence-electron chi connectivity index (χ1n) is 10.5. The number of fused-ring (bicyclic) bond motifs is 1. The summed E-state index contributed by atoms with van der Waals surface area (Å²) in [6.45, 7) is 2.73. The summed E-state index contributed by atoms with van der Waals surface area (Å²) >= 11 is 0. The van der Waals surface area contributed by atoms with Crippen molar-refractivity contribution >= 4 is 17.0 Å². The summed E-state index contributed by atoms with van der Waals surface area (Å²) in [5.74, 6) is 1.45. The molecule has 2 heterocycles. The highest BCUT2D eigenvalue weighted by Gasteiger charge is 2.34. The van der Waals surface area contributed by atoms with Crippen molar-refractivity contribution in [1.29, 1.82) is 0 Å². The number of hydrogen-bond acceptors (Lipinski definition) is 4. The fourth-order valence-electron chi connectivity index (χ4n) is 4.20. The van der Waals surface area contributed by atoms with Crippen LogP contribution in [0.5, 0.6) is 5.75 Å². The van der Waals surface area contributed by atoms with Gasteiger partial charge in [0, 0.05) is 12.1 Å². The van der Waals surface area contributed by atoms with Crippen LogP contribution in [-0.4, -0.2) is 29.4 Å². The number of amides is 1. The molecule has 1 aliphatic heterocycles. The van der Waals surface area contributed by atoms with E-state index in [0.29, 0.717) is 18.0 Å². The third-order valence-corrected chi connectivity index (χ3v) is 5.90. The molecule has 5 nitrogen and oxygen atoms in total. The summed E-state index contributed by atoms with van der Waals surface area (Å²) in [4.78, 5) is 19.8. The van der Waals surface area contributed by atoms with E-state index >= 15 is 0 Å². The molecule has 0 saturated carbocycles. The summed E-state index contributed by atoms with van der Waals surface area (Å²) in [6.07, 6.45) is 1.79. The van der Waals surface area contributed by atoms with Crippen LogP contribution in [-0.2, 0) is 0 Å². The molecule has 0 bridgehead atoms. The number of aryl methyl sites for hydroxylation is 1. The number of benzene rings is 3. The monoisotopic (exact) mass is 412 g/mol. The van der Waals surface area contributed by atoms with Crippen LogP contribution in [0.1, 0.15) is 40.7 Å². The Labute approximate surface area is 181 Å². The van der Waals surface area contributed by atoms with Crippen LogP contribution in [0.15, 0.2) is 71.1 Å². The van der Waals surface area contributed by atoms with Crippen molar-refractivity contribution in [3.05, 3.63) is 83.7 Å². The number of aromatic nitrogens is 1. The second-order valence-electron chi connectivity index (χ2n) is 7.99. The van der Waals surface area contributed by atoms with Crippen LogP contribution in [0.2, 0.25) is 0 Å². The lowest BCUT2D eigenvalue weighted by atomic mass is 10.1. The zero-order chi connectivity index (χ0) is 21.4. The Morgan fingerprint density at radius 3 is 2.68 bits per heavy atom. The number of hydrogen-bond donors (Lipinski definition) is 0. The number of rotatable bonds is 4. The van der Waals surface area contributed by atoms with E-state index in [1.165, 1.54) is 0 Å². The normalized spacial score (nSPS) is 16.1. The lowest BCUT2D eigenvalue weighted by Crippen LogP contribution is -2.30. The molecule has 5 rings (SSSR count). The molecule has 5 heteroatoms. The summed E-state index contributed by atoms with van der Waals surface area (Å²) in [7, 11) is 1.66. The van der Waals surface area contributed by atoms with Crippen LogP contribution in [0.25, 0.3) is 22.2 Å². The van der Waals surface area contributed by atoms with Crippen molar-refractivity contribution in [2.24, 2.45) is 0 Å². The number of ether oxygens (including phenoxy) is 1. The van der Waals surface area contributed by atoms with Crippen molar-refractivity contribution in [3.63, 3.8) is 0 Å². The molecule has 156 valence electrons. The quantitative estimate of drug-likeness (QED) is 0.426. The lowest BCUT2D eigenvalue weighted by molar-refractivity contribution is 0.0717. The minimum atomic E-state index is -0.138. The second-order valence-corrected chi connectivity index (χ2v) is 7.99. The fraction of sp³-hybridized carbons (Fsp3) is 0.231. The average Bonchev–Trinajstić information content (AvgIpc) is 3.45. The van der Waals surface area contributed by atoms with Gasteiger partial charge in [0.15, 0.2) is 5.58 Å². The molecule has 3 aromatic carbocycles. The standard InChI is InChI=1S/C26H24N2O3/c1-17-8-10-18(11-9-17)26(29)28-14-4-7-23(28)25-27-22-16-20(12-13-24(22)31-25)19-5-3-6-21(15-19)30-2/h3,5-6,8-13,15-16,23H,4,7,14H2,1-2H3/t23-/m0/s1. The van der Waals surface area contributed by atoms with Gasteiger partial charge in [-0.3, -0.25) is 4.79 Å². The van der Waals surface area contributed by atoms with E-state index in [-0.39, 0.29) is 11.9 Å². The van der Waals surface area contributed by atoms with Crippen LogP contribution < -0.4 is 4.74 Å². The van der Waals surface area contributed by atoms with Gasteiger partial charge < -0.3 is 14.1 Å². The number of nitrogens with zero attached hydrogens (tertiary/aromatic N) is 2. The first-order chi connectivity index (χ1) is 15.1. The molecular formula is C26H24N2O3. The van der Waals surface area contributed by atoms with Crippen molar-refractivity contribution in [2.75, 3.05) is 13.7 Å². The Kier molecular flexibility index (Phi) is 4.94. The van der Waals surface area contributed by atoms with E-state index in [9.17, 15) is 4.79 Å². The highest BCUT2D eigenvalue weighted by atomic mass is 16.5. The van der Waals surface area contributed by atoms with Gasteiger partial charge in [-0.1, -0.05) is 35.9 Å². The number of methoxy groups -OCH3 is 1. The van der Waals surface area contributed by atoms with Gasteiger partial charge >= 0.3 is 0 Å². The summed E-state index contributed by atoms with van der Waals surface area (Å²) < 4.78 is 11.4. The molecule has 0 radical (unpaired) electrons. The zero-order valence-electron chi connectivity index (χ0n) is 17.7. The van der Waals surface area contributed by atoms with E-state index in [0.717, 1.165) is 46.4 Å². The van der Waals surface area contributed by atoms with Gasteiger partial charge in [0.05, 0.1) is 7.11 Å². The first kappa shape index (κ1) is 19.4. The minimum absolute atomic E-state index is 0.0295. The van der Waals surface area contributed by atoms with Crippen LogP contribution in [0, 0.1) is 6.92 Å². The number of carbonyl (C=O) groups excluding carboxylic acids is 1. The van der Waals surface area contributed by atoms with Gasteiger partial charge in [0.1, 0.15) is 17.3 Å². The average molecular weight is 412 g/mol. The molecule has 1 amide bonds. The van der Waals surface area contributed by atoms with Crippen molar-refractivity contribution in [3.8, 4) is 16.9 Å². The largest absolute Gasteiger partial charge is 0.497 e. The van der Waals surface area contributed by atoms with E-state index < -0.39 is 0 Å². The van der Waals surface area contributed by atoms with Crippen molar-refractivity contribution in [2.45, 2.75) is 25.8 Å². The minimum Gasteiger partial charge on any atom is -0.497 e. The molecule has 0 N–H and O–H groups in total. The van der Waals surface area contributed by atoms with E-state index in [1.54, 1.807) is 7.11 Å². The molecule has 0 spiro atoms. The third kappa shape index (κ3) is 3.67. The van der Waals surface area contributed by atoms with Gasteiger partial charge in [0.2, 0.25) is 5.89 Å². The molecule has 1 atom stereocenters. The maximum Gasteiger partial charge on any atom is 0.254 e. The molecule has 1 fully saturated rings. The SMILES string of the molecule is COc1cccc(-c2ccc3oc([C@@H]4CCCN4C(=O)c4ccc(C)cc4)nc3c2)c1. The molecule has 1 saturated heterocycles. The van der Waals surface area contributed by atoms with Gasteiger partial charge in [-0.15, -0.1) is 0 Å². The smallest absolute Gasteiger partial charge is 0.254 e. The van der Waals surface area contributed by atoms with Gasteiger partial charge in [-0.2, -0.15) is 0 Å². The van der Waals surface area contributed by atoms with Crippen LogP contribution >= 0.6 is 0 Å². The first-order valence-corrected chi connectivity index (χ1v) is 10.5. The number of oxazole rings is 1. The van der Waals surface area contributed by atoms with Gasteiger partial charge in [-0.25, -0.2) is 4.98 Å². The van der Waals surface area contributed by atoms with E-state index in [4.69, 9.17) is 14.1 Å². The fourth-order valence-corrected chi connectivity index (χ4v) is 4.20. The van der Waals surface area contributed by atoms with Crippen molar-refractivity contribution in [1.82, 2.24) is 9.88 Å². The Morgan fingerprint density at radius 1 is 1.06 bits per heavy atom. The predicted octanol–water partition coefficient (Wildman–Crippen LogP) is 5.79. The third-order valence-electron chi connectivity index (χ3n) is 5.90. The van der Waals surface area contributed by atoms with Crippen LogP contribution in [0.4, 0.5) is 0 Å². The molecule has 31 heavy (non-hydrogen) atoms. The van der Waals surface area contributed by atoms with Gasteiger partial charge in [0.25, 0.3) is 5.91 Å². The van der Waals surface area contributed by atoms with Gasteiger partial charge in [-0.05, 0) is 67.3 Å². The molecular weight excluding hydrogens is 388 g/mol. The Hall–Kier alpha value is -3.60. The topological polar surface area (TPSA) is 55.6 Å². The van der Waals surface area contributed by atoms with E-state index in [1.807, 2.05) is 78.6 Å². The Balaban J connectivity index is 1.45. The summed E-state index contributed by atoms with van der Waals surface area (Å²) in [5, 5.41) is 0.